The van der Waals surface area contributed by atoms with Gasteiger partial charge in [-0.05, 0) is 39.2 Å². The summed E-state index contributed by atoms with van der Waals surface area (Å²) in [5.41, 5.74) is 2.14. The molecule has 1 heterocycles. The molecule has 2 rings (SSSR count). The molecule has 1 unspecified atom stereocenters. The van der Waals surface area contributed by atoms with E-state index in [0.29, 0.717) is 12.6 Å². The van der Waals surface area contributed by atoms with Gasteiger partial charge >= 0.3 is 0 Å². The third-order valence-corrected chi connectivity index (χ3v) is 4.37. The van der Waals surface area contributed by atoms with Gasteiger partial charge in [0.2, 0.25) is 0 Å². The predicted molar refractivity (Wildman–Crippen MR) is 79.5 cm³/mol. The largest absolute Gasteiger partial charge is 0.310 e. The molecular weight excluding hydrogens is 236 g/mol. The number of nitrogens with zero attached hydrogens (tertiary/aromatic N) is 1. The van der Waals surface area contributed by atoms with E-state index in [2.05, 4.69) is 25.2 Å². The first-order chi connectivity index (χ1) is 9.13. The highest BCUT2D eigenvalue weighted by atomic mass is 16.1. The van der Waals surface area contributed by atoms with Crippen LogP contribution in [0.4, 0.5) is 0 Å². The van der Waals surface area contributed by atoms with Crippen LogP contribution in [0.1, 0.15) is 63.3 Å². The van der Waals surface area contributed by atoms with Gasteiger partial charge in [-0.25, -0.2) is 0 Å². The van der Waals surface area contributed by atoms with Crippen LogP contribution in [0.3, 0.4) is 0 Å². The van der Waals surface area contributed by atoms with Crippen molar-refractivity contribution in [3.63, 3.8) is 0 Å². The van der Waals surface area contributed by atoms with Crippen LogP contribution in [0, 0.1) is 6.92 Å². The molecule has 0 radical (unpaired) electrons. The first-order valence-corrected chi connectivity index (χ1v) is 7.58. The molecule has 0 bridgehead atoms. The average molecular weight is 262 g/mol. The minimum atomic E-state index is 0.180. The summed E-state index contributed by atoms with van der Waals surface area (Å²) in [6.07, 6.45) is 6.14. The average Bonchev–Trinajstić information content (AvgIpc) is 2.91. The fraction of sp³-hybridized carbons (Fsp3) is 0.688. The molecule has 1 aromatic rings. The molecule has 1 aliphatic rings. The number of hydrogen-bond donors (Lipinski definition) is 1. The summed E-state index contributed by atoms with van der Waals surface area (Å²) in [6, 6.07) is 4.94. The van der Waals surface area contributed by atoms with Gasteiger partial charge in [0.05, 0.1) is 0 Å². The van der Waals surface area contributed by atoms with E-state index in [-0.39, 0.29) is 11.6 Å². The van der Waals surface area contributed by atoms with Gasteiger partial charge in [-0.3, -0.25) is 4.79 Å². The summed E-state index contributed by atoms with van der Waals surface area (Å²) >= 11 is 0. The van der Waals surface area contributed by atoms with Crippen LogP contribution in [0.2, 0.25) is 0 Å². The molecule has 0 amide bonds. The Hall–Kier alpha value is -1.09. The Bertz CT molecular complexity index is 472. The van der Waals surface area contributed by atoms with Crippen molar-refractivity contribution in [3.05, 3.63) is 33.7 Å². The molecule has 3 heteroatoms. The van der Waals surface area contributed by atoms with Crippen LogP contribution < -0.4 is 10.9 Å². The van der Waals surface area contributed by atoms with E-state index >= 15 is 0 Å². The Labute approximate surface area is 116 Å². The molecule has 1 saturated carbocycles. The Morgan fingerprint density at radius 1 is 1.37 bits per heavy atom. The molecule has 106 valence electrons. The molecule has 1 fully saturated rings. The maximum atomic E-state index is 12.5. The lowest BCUT2D eigenvalue weighted by molar-refractivity contribution is 0.487. The lowest BCUT2D eigenvalue weighted by Crippen LogP contribution is -2.33. The monoisotopic (exact) mass is 262 g/mol. The predicted octanol–water partition coefficient (Wildman–Crippen LogP) is 3.16. The minimum Gasteiger partial charge on any atom is -0.310 e. The van der Waals surface area contributed by atoms with Crippen molar-refractivity contribution in [1.29, 1.82) is 0 Å². The van der Waals surface area contributed by atoms with Crippen LogP contribution in [-0.2, 0) is 6.54 Å². The Kier molecular flexibility index (Phi) is 4.81. The number of hydrogen-bond acceptors (Lipinski definition) is 2. The zero-order chi connectivity index (χ0) is 13.8. The zero-order valence-corrected chi connectivity index (χ0v) is 12.4. The summed E-state index contributed by atoms with van der Waals surface area (Å²) < 4.78 is 1.94. The quantitative estimate of drug-likeness (QED) is 0.884. The third kappa shape index (κ3) is 3.27. The van der Waals surface area contributed by atoms with Gasteiger partial charge in [0.1, 0.15) is 0 Å². The van der Waals surface area contributed by atoms with Gasteiger partial charge in [-0.2, -0.15) is 0 Å². The van der Waals surface area contributed by atoms with Crippen LogP contribution in [0.25, 0.3) is 0 Å². The van der Waals surface area contributed by atoms with Gasteiger partial charge in [-0.1, -0.05) is 25.8 Å². The Morgan fingerprint density at radius 3 is 2.68 bits per heavy atom. The van der Waals surface area contributed by atoms with Crippen molar-refractivity contribution < 1.29 is 0 Å². The molecule has 1 N–H and O–H groups in total. The van der Waals surface area contributed by atoms with Crippen LogP contribution in [0.15, 0.2) is 16.9 Å². The second-order valence-electron chi connectivity index (χ2n) is 5.79. The fourth-order valence-corrected chi connectivity index (χ4v) is 2.94. The van der Waals surface area contributed by atoms with E-state index in [9.17, 15) is 4.79 Å². The minimum absolute atomic E-state index is 0.180. The zero-order valence-electron chi connectivity index (χ0n) is 12.4. The number of rotatable bonds is 5. The van der Waals surface area contributed by atoms with Gasteiger partial charge in [-0.15, -0.1) is 0 Å². The van der Waals surface area contributed by atoms with Gasteiger partial charge in [0.15, 0.2) is 0 Å². The van der Waals surface area contributed by atoms with Crippen LogP contribution >= 0.6 is 0 Å². The maximum Gasteiger partial charge on any atom is 0.255 e. The molecule has 0 spiro atoms. The number of aromatic nitrogens is 1. The van der Waals surface area contributed by atoms with Crippen molar-refractivity contribution in [1.82, 2.24) is 9.88 Å². The van der Waals surface area contributed by atoms with Crippen molar-refractivity contribution in [2.75, 3.05) is 0 Å². The van der Waals surface area contributed by atoms with Crippen molar-refractivity contribution in [2.24, 2.45) is 0 Å². The topological polar surface area (TPSA) is 34.0 Å². The van der Waals surface area contributed by atoms with E-state index in [4.69, 9.17) is 0 Å². The molecule has 0 aliphatic heterocycles. The third-order valence-electron chi connectivity index (χ3n) is 4.37. The number of nitrogens with one attached hydrogen (secondary N) is 1. The van der Waals surface area contributed by atoms with Crippen molar-refractivity contribution in [2.45, 2.75) is 71.5 Å². The van der Waals surface area contributed by atoms with Crippen LogP contribution in [0.5, 0.6) is 0 Å². The van der Waals surface area contributed by atoms with Crippen molar-refractivity contribution >= 4 is 0 Å². The van der Waals surface area contributed by atoms with E-state index in [1.54, 1.807) is 0 Å². The van der Waals surface area contributed by atoms with E-state index in [1.165, 1.54) is 25.7 Å². The van der Waals surface area contributed by atoms with E-state index in [0.717, 1.165) is 17.7 Å². The van der Waals surface area contributed by atoms with Gasteiger partial charge in [0.25, 0.3) is 5.56 Å². The first kappa shape index (κ1) is 14.3. The summed E-state index contributed by atoms with van der Waals surface area (Å²) in [5.74, 6) is 0. The molecule has 19 heavy (non-hydrogen) atoms. The second kappa shape index (κ2) is 6.38. The fourth-order valence-electron chi connectivity index (χ4n) is 2.94. The van der Waals surface area contributed by atoms with E-state index in [1.807, 2.05) is 17.6 Å². The molecule has 3 nitrogen and oxygen atoms in total. The molecule has 1 aliphatic carbocycles. The SMILES string of the molecule is CCC(C)n1c(C)ccc(CNC2CCCC2)c1=O. The normalized spacial score (nSPS) is 17.8. The van der Waals surface area contributed by atoms with Gasteiger partial charge in [0, 0.05) is 29.9 Å². The summed E-state index contributed by atoms with van der Waals surface area (Å²) in [7, 11) is 0. The van der Waals surface area contributed by atoms with Gasteiger partial charge < -0.3 is 9.88 Å². The molecular formula is C16H26N2O. The summed E-state index contributed by atoms with van der Waals surface area (Å²) in [5, 5.41) is 3.53. The molecule has 0 saturated heterocycles. The number of pyridine rings is 1. The van der Waals surface area contributed by atoms with Crippen LogP contribution in [-0.4, -0.2) is 10.6 Å². The highest BCUT2D eigenvalue weighted by Gasteiger charge is 2.16. The van der Waals surface area contributed by atoms with E-state index < -0.39 is 0 Å². The standard InChI is InChI=1S/C16H26N2O/c1-4-12(2)18-13(3)9-10-14(16(18)19)11-17-15-7-5-6-8-15/h9-10,12,15,17H,4-8,11H2,1-3H3. The Morgan fingerprint density at radius 2 is 2.05 bits per heavy atom. The molecule has 1 aromatic heterocycles. The highest BCUT2D eigenvalue weighted by molar-refractivity contribution is 5.16. The lowest BCUT2D eigenvalue weighted by atomic mass is 10.1. The summed E-state index contributed by atoms with van der Waals surface area (Å²) in [4.78, 5) is 12.5. The summed E-state index contributed by atoms with van der Waals surface area (Å²) in [6.45, 7) is 6.96. The first-order valence-electron chi connectivity index (χ1n) is 7.58. The highest BCUT2D eigenvalue weighted by Crippen LogP contribution is 2.18. The Balaban J connectivity index is 2.14. The molecule has 0 aromatic carbocycles. The smallest absolute Gasteiger partial charge is 0.255 e. The van der Waals surface area contributed by atoms with Crippen molar-refractivity contribution in [3.8, 4) is 0 Å². The second-order valence-corrected chi connectivity index (χ2v) is 5.79. The number of aryl methyl sites for hydroxylation is 1. The molecule has 1 atom stereocenters. The lowest BCUT2D eigenvalue weighted by Gasteiger charge is -2.18. The maximum absolute atomic E-state index is 12.5.